The van der Waals surface area contributed by atoms with Crippen LogP contribution in [0.1, 0.15) is 26.3 Å². The minimum absolute atomic E-state index is 0.0554. The number of thiocarbonyl (C=S) groups is 1. The molecule has 2 aliphatic rings. The van der Waals surface area contributed by atoms with E-state index in [9.17, 15) is 9.59 Å². The Morgan fingerprint density at radius 2 is 1.59 bits per heavy atom. The number of rotatable bonds is 0. The quantitative estimate of drug-likeness (QED) is 0.428. The molecule has 0 aliphatic carbocycles. The molecule has 3 rings (SSSR count). The van der Waals surface area contributed by atoms with E-state index in [0.29, 0.717) is 4.24 Å². The molecule has 2 aliphatic heterocycles. The molecule has 0 bridgehead atoms. The van der Waals surface area contributed by atoms with Crippen molar-refractivity contribution in [3.63, 3.8) is 0 Å². The van der Waals surface area contributed by atoms with Crippen LogP contribution in [0.25, 0.3) is 0 Å². The van der Waals surface area contributed by atoms with Gasteiger partial charge in [0.1, 0.15) is 5.57 Å². The van der Waals surface area contributed by atoms with E-state index in [-0.39, 0.29) is 16.1 Å². The summed E-state index contributed by atoms with van der Waals surface area (Å²) in [6.07, 6.45) is 0. The predicted molar refractivity (Wildman–Crippen MR) is 92.8 cm³/mol. The van der Waals surface area contributed by atoms with Crippen molar-refractivity contribution in [2.24, 2.45) is 0 Å². The highest BCUT2D eigenvalue weighted by Crippen LogP contribution is 2.53. The third-order valence-electron chi connectivity index (χ3n) is 3.33. The second kappa shape index (κ2) is 5.40. The van der Waals surface area contributed by atoms with E-state index in [1.54, 1.807) is 0 Å². The Bertz CT molecular complexity index is 726. The monoisotopic (exact) mass is 350 g/mol. The molecule has 1 aromatic rings. The Labute approximate surface area is 142 Å². The second-order valence-corrected chi connectivity index (χ2v) is 8.79. The molecule has 4 nitrogen and oxygen atoms in total. The lowest BCUT2D eigenvalue weighted by atomic mass is 9.87. The van der Waals surface area contributed by atoms with Gasteiger partial charge in [0, 0.05) is 9.79 Å². The van der Waals surface area contributed by atoms with E-state index in [1.165, 1.54) is 29.1 Å². The molecule has 7 heteroatoms. The zero-order chi connectivity index (χ0) is 16.1. The Morgan fingerprint density at radius 1 is 1.00 bits per heavy atom. The lowest BCUT2D eigenvalue weighted by molar-refractivity contribution is -0.123. The zero-order valence-corrected chi connectivity index (χ0v) is 14.7. The van der Waals surface area contributed by atoms with Crippen molar-refractivity contribution in [3.8, 4) is 0 Å². The van der Waals surface area contributed by atoms with Crippen molar-refractivity contribution >= 4 is 52.7 Å². The van der Waals surface area contributed by atoms with Crippen molar-refractivity contribution in [1.82, 2.24) is 10.6 Å². The second-order valence-electron chi connectivity index (χ2n) is 6.02. The van der Waals surface area contributed by atoms with Gasteiger partial charge in [-0.1, -0.05) is 50.4 Å². The maximum absolute atomic E-state index is 12.0. The molecule has 1 saturated heterocycles. The average Bonchev–Trinajstić information content (AvgIpc) is 2.78. The number of amides is 2. The largest absolute Gasteiger partial charge is 0.298 e. The van der Waals surface area contributed by atoms with E-state index in [0.717, 1.165) is 9.79 Å². The zero-order valence-electron chi connectivity index (χ0n) is 12.3. The summed E-state index contributed by atoms with van der Waals surface area (Å²) >= 11 is 7.72. The number of nitrogens with one attached hydrogen (secondary N) is 2. The Kier molecular flexibility index (Phi) is 3.82. The van der Waals surface area contributed by atoms with Crippen molar-refractivity contribution in [2.75, 3.05) is 0 Å². The van der Waals surface area contributed by atoms with E-state index >= 15 is 0 Å². The van der Waals surface area contributed by atoms with Crippen LogP contribution in [-0.2, 0) is 15.0 Å². The predicted octanol–water partition coefficient (Wildman–Crippen LogP) is 2.92. The molecule has 0 unspecified atom stereocenters. The van der Waals surface area contributed by atoms with Gasteiger partial charge in [-0.25, -0.2) is 0 Å². The van der Waals surface area contributed by atoms with Crippen molar-refractivity contribution in [3.05, 3.63) is 33.6 Å². The van der Waals surface area contributed by atoms with Crippen LogP contribution in [-0.4, -0.2) is 16.9 Å². The number of carbonyl (C=O) groups excluding carboxylic acids is 2. The fourth-order valence-corrected chi connectivity index (χ4v) is 4.88. The number of hydrogen-bond acceptors (Lipinski definition) is 5. The number of thioether (sulfide) groups is 2. The van der Waals surface area contributed by atoms with Gasteiger partial charge in [-0.15, -0.1) is 0 Å². The Balaban J connectivity index is 1.97. The highest BCUT2D eigenvalue weighted by Gasteiger charge is 2.33. The minimum atomic E-state index is -0.437. The Morgan fingerprint density at radius 3 is 2.18 bits per heavy atom. The third-order valence-corrected chi connectivity index (χ3v) is 6.07. The molecule has 0 aromatic heterocycles. The summed E-state index contributed by atoms with van der Waals surface area (Å²) in [6, 6.07) is 6.27. The fourth-order valence-electron chi connectivity index (χ4n) is 2.11. The number of carbonyl (C=O) groups is 2. The summed E-state index contributed by atoms with van der Waals surface area (Å²) in [5.41, 5.74) is 1.42. The SMILES string of the molecule is CC(C)(C)c1ccc2c(c1)SC(=C1C(=O)NC(=S)NC1=O)S2. The first kappa shape index (κ1) is 15.6. The van der Waals surface area contributed by atoms with E-state index in [1.807, 2.05) is 6.07 Å². The molecule has 0 radical (unpaired) electrons. The Hall–Kier alpha value is -1.31. The van der Waals surface area contributed by atoms with E-state index in [2.05, 4.69) is 43.5 Å². The van der Waals surface area contributed by atoms with Crippen molar-refractivity contribution in [1.29, 1.82) is 0 Å². The van der Waals surface area contributed by atoms with Crippen LogP contribution < -0.4 is 10.6 Å². The molecule has 2 N–H and O–H groups in total. The maximum atomic E-state index is 12.0. The average molecular weight is 350 g/mol. The van der Waals surface area contributed by atoms with Crippen molar-refractivity contribution in [2.45, 2.75) is 36.0 Å². The molecule has 2 amide bonds. The van der Waals surface area contributed by atoms with Gasteiger partial charge in [0.2, 0.25) is 0 Å². The van der Waals surface area contributed by atoms with Crippen LogP contribution >= 0.6 is 35.7 Å². The summed E-state index contributed by atoms with van der Waals surface area (Å²) in [5.74, 6) is -0.875. The molecule has 0 atom stereocenters. The highest BCUT2D eigenvalue weighted by atomic mass is 32.2. The van der Waals surface area contributed by atoms with Crippen molar-refractivity contribution < 1.29 is 9.59 Å². The minimum Gasteiger partial charge on any atom is -0.298 e. The van der Waals surface area contributed by atoms with Gasteiger partial charge < -0.3 is 0 Å². The molecular weight excluding hydrogens is 336 g/mol. The first-order valence-corrected chi connectivity index (χ1v) is 8.71. The van der Waals surface area contributed by atoms with Crippen LogP contribution in [0.4, 0.5) is 0 Å². The summed E-state index contributed by atoms with van der Waals surface area (Å²) < 4.78 is 0.693. The van der Waals surface area contributed by atoms with E-state index < -0.39 is 11.8 Å². The van der Waals surface area contributed by atoms with Crippen LogP contribution in [0.5, 0.6) is 0 Å². The summed E-state index contributed by atoms with van der Waals surface area (Å²) in [5, 5.41) is 5.01. The van der Waals surface area contributed by atoms with Crippen LogP contribution in [0, 0.1) is 0 Å². The molecule has 1 fully saturated rings. The number of hydrogen-bond donors (Lipinski definition) is 2. The molecule has 1 aromatic carbocycles. The van der Waals surface area contributed by atoms with Crippen LogP contribution in [0.2, 0.25) is 0 Å². The van der Waals surface area contributed by atoms with Crippen LogP contribution in [0.3, 0.4) is 0 Å². The van der Waals surface area contributed by atoms with Gasteiger partial charge in [-0.3, -0.25) is 20.2 Å². The van der Waals surface area contributed by atoms with Crippen LogP contribution in [0.15, 0.2) is 37.8 Å². The van der Waals surface area contributed by atoms with Gasteiger partial charge in [0.05, 0.1) is 4.24 Å². The first-order chi connectivity index (χ1) is 10.3. The van der Waals surface area contributed by atoms with Gasteiger partial charge in [-0.05, 0) is 35.3 Å². The van der Waals surface area contributed by atoms with Gasteiger partial charge in [-0.2, -0.15) is 0 Å². The maximum Gasteiger partial charge on any atom is 0.264 e. The molecule has 0 saturated carbocycles. The van der Waals surface area contributed by atoms with Gasteiger partial charge in [0.25, 0.3) is 11.8 Å². The fraction of sp³-hybridized carbons (Fsp3) is 0.267. The normalized spacial score (nSPS) is 18.2. The molecule has 0 spiro atoms. The molecule has 114 valence electrons. The standard InChI is InChI=1S/C15H14N2O2S3/c1-15(2,3)7-4-5-8-9(6-7)22-13(21-8)10-11(18)16-14(20)17-12(10)19/h4-6H,1-3H3,(H2,16,17,18,19,20). The number of benzene rings is 1. The van der Waals surface area contributed by atoms with E-state index in [4.69, 9.17) is 12.2 Å². The van der Waals surface area contributed by atoms with Gasteiger partial charge >= 0.3 is 0 Å². The number of fused-ring (bicyclic) bond motifs is 1. The summed E-state index contributed by atoms with van der Waals surface area (Å²) in [7, 11) is 0. The smallest absolute Gasteiger partial charge is 0.264 e. The molecule has 2 heterocycles. The topological polar surface area (TPSA) is 58.2 Å². The van der Waals surface area contributed by atoms with Gasteiger partial charge in [0.15, 0.2) is 5.11 Å². The molecular formula is C15H14N2O2S3. The molecule has 22 heavy (non-hydrogen) atoms. The third kappa shape index (κ3) is 2.80. The summed E-state index contributed by atoms with van der Waals surface area (Å²) in [6.45, 7) is 6.47. The lowest BCUT2D eigenvalue weighted by Crippen LogP contribution is -2.51. The first-order valence-electron chi connectivity index (χ1n) is 6.67. The lowest BCUT2D eigenvalue weighted by Gasteiger charge is -2.19. The summed E-state index contributed by atoms with van der Waals surface area (Å²) in [4.78, 5) is 26.2. The highest BCUT2D eigenvalue weighted by molar-refractivity contribution is 8.24.